The third kappa shape index (κ3) is 6.08. The van der Waals surface area contributed by atoms with Crippen molar-refractivity contribution in [2.24, 2.45) is 5.92 Å². The van der Waals surface area contributed by atoms with Crippen molar-refractivity contribution in [1.82, 2.24) is 10.2 Å². The molecule has 0 aliphatic carbocycles. The first-order valence-electron chi connectivity index (χ1n) is 7.60. The zero-order valence-corrected chi connectivity index (χ0v) is 12.6. The maximum atomic E-state index is 12.0. The van der Waals surface area contributed by atoms with E-state index in [9.17, 15) is 9.59 Å². The van der Waals surface area contributed by atoms with Crippen LogP contribution in [0.4, 0.5) is 0 Å². The number of amides is 2. The molecule has 2 unspecified atom stereocenters. The molecule has 110 valence electrons. The topological polar surface area (TPSA) is 49.4 Å². The van der Waals surface area contributed by atoms with Crippen molar-refractivity contribution in [2.45, 2.75) is 65.3 Å². The van der Waals surface area contributed by atoms with E-state index in [2.05, 4.69) is 12.2 Å². The van der Waals surface area contributed by atoms with Gasteiger partial charge >= 0.3 is 0 Å². The predicted octanol–water partition coefficient (Wildman–Crippen LogP) is 2.33. The van der Waals surface area contributed by atoms with E-state index in [4.69, 9.17) is 0 Å². The number of nitrogens with zero attached hydrogens (tertiary/aromatic N) is 1. The molecule has 0 aromatic rings. The second-order valence-corrected chi connectivity index (χ2v) is 5.80. The molecule has 1 aliphatic heterocycles. The lowest BCUT2D eigenvalue weighted by Crippen LogP contribution is -2.32. The van der Waals surface area contributed by atoms with E-state index in [0.717, 1.165) is 38.8 Å². The molecule has 4 heteroatoms. The molecule has 0 radical (unpaired) electrons. The van der Waals surface area contributed by atoms with Crippen LogP contribution in [-0.4, -0.2) is 35.8 Å². The monoisotopic (exact) mass is 268 g/mol. The second kappa shape index (κ2) is 8.18. The minimum atomic E-state index is 0.105. The van der Waals surface area contributed by atoms with E-state index in [1.54, 1.807) is 0 Å². The normalized spacial score (nSPS) is 18.2. The minimum absolute atomic E-state index is 0.105. The van der Waals surface area contributed by atoms with Crippen LogP contribution in [0.2, 0.25) is 0 Å². The average molecular weight is 268 g/mol. The Balaban J connectivity index is 2.17. The summed E-state index contributed by atoms with van der Waals surface area (Å²) < 4.78 is 0. The largest absolute Gasteiger partial charge is 0.354 e. The smallest absolute Gasteiger partial charge is 0.222 e. The van der Waals surface area contributed by atoms with Gasteiger partial charge in [0.1, 0.15) is 0 Å². The first-order valence-corrected chi connectivity index (χ1v) is 7.60. The summed E-state index contributed by atoms with van der Waals surface area (Å²) in [5, 5.41) is 2.96. The lowest BCUT2D eigenvalue weighted by molar-refractivity contribution is -0.131. The Kier molecular flexibility index (Phi) is 6.89. The SMILES string of the molecule is CCC(=O)NC(C)CCC(C)CC(=O)N1CCCC1. The van der Waals surface area contributed by atoms with Gasteiger partial charge in [-0.05, 0) is 38.5 Å². The van der Waals surface area contributed by atoms with Crippen LogP contribution in [0.25, 0.3) is 0 Å². The fraction of sp³-hybridized carbons (Fsp3) is 0.867. The molecule has 0 spiro atoms. The van der Waals surface area contributed by atoms with Crippen LogP contribution in [-0.2, 0) is 9.59 Å². The molecule has 1 saturated heterocycles. The van der Waals surface area contributed by atoms with Crippen LogP contribution in [0.1, 0.15) is 59.3 Å². The summed E-state index contributed by atoms with van der Waals surface area (Å²) in [6.45, 7) is 7.90. The summed E-state index contributed by atoms with van der Waals surface area (Å²) in [4.78, 5) is 25.2. The highest BCUT2D eigenvalue weighted by molar-refractivity contribution is 5.76. The molecule has 4 nitrogen and oxygen atoms in total. The van der Waals surface area contributed by atoms with Gasteiger partial charge in [-0.1, -0.05) is 13.8 Å². The Bertz CT molecular complexity index is 299. The summed E-state index contributed by atoms with van der Waals surface area (Å²) in [5.41, 5.74) is 0. The third-order valence-electron chi connectivity index (χ3n) is 3.80. The summed E-state index contributed by atoms with van der Waals surface area (Å²) >= 11 is 0. The van der Waals surface area contributed by atoms with E-state index in [0.29, 0.717) is 24.7 Å². The number of likely N-dealkylation sites (tertiary alicyclic amines) is 1. The van der Waals surface area contributed by atoms with Crippen molar-refractivity contribution in [2.75, 3.05) is 13.1 Å². The fourth-order valence-electron chi connectivity index (χ4n) is 2.48. The predicted molar refractivity (Wildman–Crippen MR) is 76.7 cm³/mol. The fourth-order valence-corrected chi connectivity index (χ4v) is 2.48. The molecule has 0 saturated carbocycles. The number of nitrogens with one attached hydrogen (secondary N) is 1. The van der Waals surface area contributed by atoms with Crippen LogP contribution < -0.4 is 5.32 Å². The highest BCUT2D eigenvalue weighted by Crippen LogP contribution is 2.16. The molecule has 1 heterocycles. The Morgan fingerprint density at radius 2 is 1.79 bits per heavy atom. The van der Waals surface area contributed by atoms with Crippen LogP contribution in [0.3, 0.4) is 0 Å². The first-order chi connectivity index (χ1) is 9.02. The summed E-state index contributed by atoms with van der Waals surface area (Å²) in [7, 11) is 0. The summed E-state index contributed by atoms with van der Waals surface area (Å²) in [6.07, 6.45) is 5.42. The number of carbonyl (C=O) groups excluding carboxylic acids is 2. The van der Waals surface area contributed by atoms with Gasteiger partial charge in [-0.25, -0.2) is 0 Å². The summed E-state index contributed by atoms with van der Waals surface area (Å²) in [5.74, 6) is 0.803. The molecular weight excluding hydrogens is 240 g/mol. The quantitative estimate of drug-likeness (QED) is 0.770. The van der Waals surface area contributed by atoms with Crippen LogP contribution in [0.5, 0.6) is 0 Å². The Hall–Kier alpha value is -1.06. The standard InChI is InChI=1S/C15H28N2O2/c1-4-14(18)16-13(3)8-7-12(2)11-15(19)17-9-5-6-10-17/h12-13H,4-11H2,1-3H3,(H,16,18). The molecule has 1 rings (SSSR count). The van der Waals surface area contributed by atoms with Crippen molar-refractivity contribution in [3.05, 3.63) is 0 Å². The molecule has 1 fully saturated rings. The van der Waals surface area contributed by atoms with Gasteiger partial charge in [-0.15, -0.1) is 0 Å². The minimum Gasteiger partial charge on any atom is -0.354 e. The van der Waals surface area contributed by atoms with Gasteiger partial charge in [-0.3, -0.25) is 9.59 Å². The van der Waals surface area contributed by atoms with Gasteiger partial charge in [0.05, 0.1) is 0 Å². The van der Waals surface area contributed by atoms with Crippen molar-refractivity contribution in [3.8, 4) is 0 Å². The van der Waals surface area contributed by atoms with E-state index >= 15 is 0 Å². The van der Waals surface area contributed by atoms with Crippen LogP contribution in [0, 0.1) is 5.92 Å². The molecule has 0 bridgehead atoms. The number of hydrogen-bond donors (Lipinski definition) is 1. The maximum Gasteiger partial charge on any atom is 0.222 e. The van der Waals surface area contributed by atoms with Crippen LogP contribution >= 0.6 is 0 Å². The third-order valence-corrected chi connectivity index (χ3v) is 3.80. The number of rotatable bonds is 7. The van der Waals surface area contributed by atoms with Crippen molar-refractivity contribution in [1.29, 1.82) is 0 Å². The van der Waals surface area contributed by atoms with Gasteiger partial charge < -0.3 is 10.2 Å². The molecule has 0 aromatic carbocycles. The molecular formula is C15H28N2O2. The molecule has 1 aliphatic rings. The molecule has 1 N–H and O–H groups in total. The van der Waals surface area contributed by atoms with Gasteiger partial charge in [0, 0.05) is 32.0 Å². The second-order valence-electron chi connectivity index (χ2n) is 5.80. The van der Waals surface area contributed by atoms with Crippen molar-refractivity contribution in [3.63, 3.8) is 0 Å². The van der Waals surface area contributed by atoms with Gasteiger partial charge in [0.2, 0.25) is 11.8 Å². The van der Waals surface area contributed by atoms with E-state index < -0.39 is 0 Å². The van der Waals surface area contributed by atoms with Gasteiger partial charge in [0.15, 0.2) is 0 Å². The van der Waals surface area contributed by atoms with Gasteiger partial charge in [-0.2, -0.15) is 0 Å². The van der Waals surface area contributed by atoms with Crippen molar-refractivity contribution >= 4 is 11.8 Å². The molecule has 2 atom stereocenters. The van der Waals surface area contributed by atoms with Gasteiger partial charge in [0.25, 0.3) is 0 Å². The highest BCUT2D eigenvalue weighted by atomic mass is 16.2. The molecule has 2 amide bonds. The van der Waals surface area contributed by atoms with Crippen molar-refractivity contribution < 1.29 is 9.59 Å². The highest BCUT2D eigenvalue weighted by Gasteiger charge is 2.20. The maximum absolute atomic E-state index is 12.0. The number of hydrogen-bond acceptors (Lipinski definition) is 2. The lowest BCUT2D eigenvalue weighted by Gasteiger charge is -2.20. The van der Waals surface area contributed by atoms with E-state index in [-0.39, 0.29) is 11.9 Å². The van der Waals surface area contributed by atoms with Crippen LogP contribution in [0.15, 0.2) is 0 Å². The molecule has 19 heavy (non-hydrogen) atoms. The zero-order valence-electron chi connectivity index (χ0n) is 12.6. The zero-order chi connectivity index (χ0) is 14.3. The lowest BCUT2D eigenvalue weighted by atomic mass is 9.98. The Morgan fingerprint density at radius 3 is 2.37 bits per heavy atom. The molecule has 0 aromatic heterocycles. The Labute approximate surface area is 116 Å². The van der Waals surface area contributed by atoms with E-state index in [1.165, 1.54) is 0 Å². The summed E-state index contributed by atoms with van der Waals surface area (Å²) in [6, 6.07) is 0.205. The van der Waals surface area contributed by atoms with E-state index in [1.807, 2.05) is 18.7 Å². The average Bonchev–Trinajstić information content (AvgIpc) is 2.90. The first kappa shape index (κ1) is 16.0. The number of carbonyl (C=O) groups is 2. The Morgan fingerprint density at radius 1 is 1.16 bits per heavy atom.